The molecule has 2 rings (SSSR count). The topological polar surface area (TPSA) is 15.3 Å². The van der Waals surface area contributed by atoms with Gasteiger partial charge in [0.05, 0.1) is 0 Å². The highest BCUT2D eigenvalue weighted by molar-refractivity contribution is 4.85. The molecular formula is C17H34N2. The van der Waals surface area contributed by atoms with Gasteiger partial charge in [0.25, 0.3) is 0 Å². The Bertz CT molecular complexity index is 258. The molecule has 0 radical (unpaired) electrons. The number of hydrogen-bond acceptors (Lipinski definition) is 2. The van der Waals surface area contributed by atoms with E-state index in [2.05, 4.69) is 38.0 Å². The normalized spacial score (nSPS) is 27.0. The molecule has 0 saturated heterocycles. The zero-order chi connectivity index (χ0) is 13.9. The van der Waals surface area contributed by atoms with Crippen molar-refractivity contribution in [2.24, 2.45) is 5.41 Å². The number of hydrogen-bond donors (Lipinski definition) is 1. The van der Waals surface area contributed by atoms with Crippen LogP contribution in [0, 0.1) is 5.41 Å². The van der Waals surface area contributed by atoms with Crippen LogP contribution in [0.1, 0.15) is 72.1 Å². The largest absolute Gasteiger partial charge is 0.312 e. The average molecular weight is 266 g/mol. The van der Waals surface area contributed by atoms with E-state index in [9.17, 15) is 0 Å². The summed E-state index contributed by atoms with van der Waals surface area (Å²) in [6.07, 6.45) is 11.2. The van der Waals surface area contributed by atoms with Crippen molar-refractivity contribution in [2.45, 2.75) is 90.3 Å². The third-order valence-corrected chi connectivity index (χ3v) is 5.64. The first-order chi connectivity index (χ1) is 8.98. The quantitative estimate of drug-likeness (QED) is 0.814. The molecule has 0 aromatic rings. The van der Waals surface area contributed by atoms with E-state index in [-0.39, 0.29) is 0 Å². The van der Waals surface area contributed by atoms with Gasteiger partial charge in [-0.05, 0) is 57.9 Å². The Kier molecular flexibility index (Phi) is 5.30. The molecule has 2 nitrogen and oxygen atoms in total. The third-order valence-electron chi connectivity index (χ3n) is 5.64. The lowest BCUT2D eigenvalue weighted by Gasteiger charge is -2.41. The van der Waals surface area contributed by atoms with Crippen molar-refractivity contribution in [2.75, 3.05) is 13.6 Å². The molecule has 0 heterocycles. The summed E-state index contributed by atoms with van der Waals surface area (Å²) in [5, 5.41) is 3.78. The average Bonchev–Trinajstić information content (AvgIpc) is 2.88. The summed E-state index contributed by atoms with van der Waals surface area (Å²) in [6.45, 7) is 8.41. The molecule has 1 unspecified atom stereocenters. The highest BCUT2D eigenvalue weighted by Gasteiger charge is 2.30. The van der Waals surface area contributed by atoms with E-state index in [1.54, 1.807) is 0 Å². The van der Waals surface area contributed by atoms with Gasteiger partial charge in [0.1, 0.15) is 0 Å². The molecule has 0 aromatic carbocycles. The second-order valence-electron chi connectivity index (χ2n) is 7.80. The lowest BCUT2D eigenvalue weighted by Crippen LogP contribution is -2.47. The number of nitrogens with zero attached hydrogens (tertiary/aromatic N) is 1. The van der Waals surface area contributed by atoms with Crippen molar-refractivity contribution in [3.63, 3.8) is 0 Å². The van der Waals surface area contributed by atoms with Crippen LogP contribution in [0.15, 0.2) is 0 Å². The first-order valence-electron chi connectivity index (χ1n) is 8.43. The van der Waals surface area contributed by atoms with Gasteiger partial charge in [-0.25, -0.2) is 0 Å². The Labute approximate surface area is 120 Å². The van der Waals surface area contributed by atoms with E-state index >= 15 is 0 Å². The van der Waals surface area contributed by atoms with Crippen LogP contribution in [0.25, 0.3) is 0 Å². The van der Waals surface area contributed by atoms with Crippen LogP contribution in [-0.4, -0.2) is 36.6 Å². The van der Waals surface area contributed by atoms with Crippen molar-refractivity contribution in [1.82, 2.24) is 10.2 Å². The van der Waals surface area contributed by atoms with Crippen molar-refractivity contribution in [3.8, 4) is 0 Å². The maximum absolute atomic E-state index is 3.78. The summed E-state index contributed by atoms with van der Waals surface area (Å²) < 4.78 is 0. The molecule has 2 aliphatic carbocycles. The first-order valence-corrected chi connectivity index (χ1v) is 8.43. The molecule has 1 N–H and O–H groups in total. The minimum Gasteiger partial charge on any atom is -0.312 e. The fourth-order valence-electron chi connectivity index (χ4n) is 3.76. The van der Waals surface area contributed by atoms with E-state index in [4.69, 9.17) is 0 Å². The molecule has 2 aliphatic rings. The zero-order valence-corrected chi connectivity index (χ0v) is 13.5. The number of rotatable bonds is 5. The molecule has 2 heteroatoms. The van der Waals surface area contributed by atoms with E-state index in [1.807, 2.05) is 0 Å². The van der Waals surface area contributed by atoms with Crippen LogP contribution >= 0.6 is 0 Å². The standard InChI is InChI=1S/C17H34N2/c1-14(13-18-15-7-5-6-8-15)19(4)16-9-11-17(2,3)12-10-16/h14-16,18H,5-13H2,1-4H3. The SMILES string of the molecule is CC(CNC1CCCC1)N(C)C1CCC(C)(C)CC1. The van der Waals surface area contributed by atoms with Crippen LogP contribution in [-0.2, 0) is 0 Å². The second-order valence-corrected chi connectivity index (χ2v) is 7.80. The van der Waals surface area contributed by atoms with Gasteiger partial charge in [0, 0.05) is 24.7 Å². The predicted octanol–water partition coefficient (Wildman–Crippen LogP) is 3.81. The molecule has 0 aliphatic heterocycles. The molecule has 112 valence electrons. The molecule has 0 aromatic heterocycles. The molecule has 0 amide bonds. The van der Waals surface area contributed by atoms with Gasteiger partial charge < -0.3 is 5.32 Å². The predicted molar refractivity (Wildman–Crippen MR) is 83.5 cm³/mol. The van der Waals surface area contributed by atoms with Gasteiger partial charge in [-0.1, -0.05) is 26.7 Å². The second kappa shape index (κ2) is 6.58. The maximum atomic E-state index is 3.78. The fraction of sp³-hybridized carbons (Fsp3) is 1.00. The van der Waals surface area contributed by atoms with Gasteiger partial charge in [-0.2, -0.15) is 0 Å². The minimum absolute atomic E-state index is 0.586. The van der Waals surface area contributed by atoms with E-state index in [0.29, 0.717) is 11.5 Å². The molecular weight excluding hydrogens is 232 g/mol. The summed E-state index contributed by atoms with van der Waals surface area (Å²) >= 11 is 0. The highest BCUT2D eigenvalue weighted by atomic mass is 15.2. The summed E-state index contributed by atoms with van der Waals surface area (Å²) in [5.74, 6) is 0. The van der Waals surface area contributed by atoms with Gasteiger partial charge in [-0.15, -0.1) is 0 Å². The number of likely N-dealkylation sites (N-methyl/N-ethyl adjacent to an activating group) is 1. The highest BCUT2D eigenvalue weighted by Crippen LogP contribution is 2.36. The van der Waals surface area contributed by atoms with Crippen molar-refractivity contribution in [3.05, 3.63) is 0 Å². The van der Waals surface area contributed by atoms with E-state index < -0.39 is 0 Å². The van der Waals surface area contributed by atoms with Crippen molar-refractivity contribution >= 4 is 0 Å². The summed E-state index contributed by atoms with van der Waals surface area (Å²) in [7, 11) is 2.34. The van der Waals surface area contributed by atoms with E-state index in [1.165, 1.54) is 57.9 Å². The Hall–Kier alpha value is -0.0800. The third kappa shape index (κ3) is 4.46. The first kappa shape index (κ1) is 15.3. The van der Waals surface area contributed by atoms with Gasteiger partial charge in [0.15, 0.2) is 0 Å². The van der Waals surface area contributed by atoms with Crippen LogP contribution in [0.3, 0.4) is 0 Å². The zero-order valence-electron chi connectivity index (χ0n) is 13.5. The fourth-order valence-corrected chi connectivity index (χ4v) is 3.76. The Morgan fingerprint density at radius 1 is 1.11 bits per heavy atom. The summed E-state index contributed by atoms with van der Waals surface area (Å²) in [6, 6.07) is 2.29. The molecule has 2 saturated carbocycles. The Morgan fingerprint density at radius 3 is 2.26 bits per heavy atom. The van der Waals surface area contributed by atoms with Crippen LogP contribution < -0.4 is 5.32 Å². The minimum atomic E-state index is 0.586. The smallest absolute Gasteiger partial charge is 0.0192 e. The molecule has 19 heavy (non-hydrogen) atoms. The van der Waals surface area contributed by atoms with Crippen molar-refractivity contribution in [1.29, 1.82) is 0 Å². The maximum Gasteiger partial charge on any atom is 0.0192 e. The summed E-state index contributed by atoms with van der Waals surface area (Å²) in [5.41, 5.74) is 0.586. The number of nitrogens with one attached hydrogen (secondary N) is 1. The summed E-state index contributed by atoms with van der Waals surface area (Å²) in [4.78, 5) is 2.64. The monoisotopic (exact) mass is 266 g/mol. The van der Waals surface area contributed by atoms with Crippen LogP contribution in [0.2, 0.25) is 0 Å². The van der Waals surface area contributed by atoms with Gasteiger partial charge >= 0.3 is 0 Å². The van der Waals surface area contributed by atoms with E-state index in [0.717, 1.165) is 12.1 Å². The van der Waals surface area contributed by atoms with Crippen LogP contribution in [0.5, 0.6) is 0 Å². The molecule has 1 atom stereocenters. The lowest BCUT2D eigenvalue weighted by molar-refractivity contribution is 0.0985. The molecule has 0 spiro atoms. The van der Waals surface area contributed by atoms with Crippen molar-refractivity contribution < 1.29 is 0 Å². The van der Waals surface area contributed by atoms with Gasteiger partial charge in [-0.3, -0.25) is 4.90 Å². The Balaban J connectivity index is 1.71. The Morgan fingerprint density at radius 2 is 1.68 bits per heavy atom. The lowest BCUT2D eigenvalue weighted by atomic mass is 9.75. The van der Waals surface area contributed by atoms with Gasteiger partial charge in [0.2, 0.25) is 0 Å². The van der Waals surface area contributed by atoms with Crippen LogP contribution in [0.4, 0.5) is 0 Å². The molecule has 0 bridgehead atoms. The molecule has 2 fully saturated rings.